The highest BCUT2D eigenvalue weighted by molar-refractivity contribution is 7.92. The second-order valence-corrected chi connectivity index (χ2v) is 10.0. The standard InChI is InChI=1S/C22H24F2N4O3S/c1-13(20-26-17-6-4-5-7-19(17)27(20)22(23)24)12-25-21(29)15-8-9-18-16(11-15)10-14(2)28(18)32(3,30)31/h4-9,11,13-14,22H,10,12H2,1-3H3,(H,25,29)/t13-,14-/m0/s1. The van der Waals surface area contributed by atoms with E-state index in [2.05, 4.69) is 10.3 Å². The van der Waals surface area contributed by atoms with E-state index in [9.17, 15) is 22.0 Å². The van der Waals surface area contributed by atoms with E-state index < -0.39 is 22.5 Å². The van der Waals surface area contributed by atoms with Crippen LogP contribution in [0.25, 0.3) is 11.0 Å². The molecule has 170 valence electrons. The molecule has 0 aliphatic carbocycles. The van der Waals surface area contributed by atoms with Crippen LogP contribution in [0, 0.1) is 0 Å². The molecule has 1 aliphatic rings. The number of sulfonamides is 1. The number of imidazole rings is 1. The predicted molar refractivity (Wildman–Crippen MR) is 119 cm³/mol. The molecule has 32 heavy (non-hydrogen) atoms. The first-order chi connectivity index (χ1) is 15.1. The lowest BCUT2D eigenvalue weighted by Crippen LogP contribution is -2.34. The normalized spacial score (nSPS) is 17.1. The third-order valence-corrected chi connectivity index (χ3v) is 6.95. The maximum absolute atomic E-state index is 13.7. The number of fused-ring (bicyclic) bond motifs is 2. The van der Waals surface area contributed by atoms with E-state index in [4.69, 9.17) is 0 Å². The second-order valence-electron chi connectivity index (χ2n) is 8.17. The van der Waals surface area contributed by atoms with Gasteiger partial charge in [-0.3, -0.25) is 13.7 Å². The van der Waals surface area contributed by atoms with Gasteiger partial charge in [-0.2, -0.15) is 8.78 Å². The van der Waals surface area contributed by atoms with Crippen molar-refractivity contribution >= 4 is 32.7 Å². The van der Waals surface area contributed by atoms with Gasteiger partial charge in [0.05, 0.1) is 23.0 Å². The molecule has 4 rings (SSSR count). The van der Waals surface area contributed by atoms with Gasteiger partial charge in [-0.1, -0.05) is 19.1 Å². The molecule has 0 radical (unpaired) electrons. The Morgan fingerprint density at radius 1 is 1.25 bits per heavy atom. The van der Waals surface area contributed by atoms with Crippen LogP contribution in [0.1, 0.15) is 48.1 Å². The molecule has 1 amide bonds. The summed E-state index contributed by atoms with van der Waals surface area (Å²) in [5.74, 6) is -0.603. The maximum atomic E-state index is 13.7. The fraction of sp³-hybridized carbons (Fsp3) is 0.364. The summed E-state index contributed by atoms with van der Waals surface area (Å²) < 4.78 is 53.7. The van der Waals surface area contributed by atoms with Gasteiger partial charge in [0.25, 0.3) is 5.91 Å². The SMILES string of the molecule is C[C@@H](CNC(=O)c1ccc2c(c1)C[C@H](C)N2S(C)(=O)=O)c1nc2ccccc2n1C(F)F. The monoisotopic (exact) mass is 462 g/mol. The zero-order chi connectivity index (χ0) is 23.2. The summed E-state index contributed by atoms with van der Waals surface area (Å²) in [4.78, 5) is 17.1. The van der Waals surface area contributed by atoms with E-state index in [1.807, 2.05) is 6.92 Å². The van der Waals surface area contributed by atoms with Crippen molar-refractivity contribution in [3.8, 4) is 0 Å². The lowest BCUT2D eigenvalue weighted by Gasteiger charge is -2.22. The number of anilines is 1. The molecule has 7 nitrogen and oxygen atoms in total. The minimum atomic E-state index is -3.41. The van der Waals surface area contributed by atoms with Crippen molar-refractivity contribution in [1.29, 1.82) is 0 Å². The van der Waals surface area contributed by atoms with Crippen LogP contribution in [0.15, 0.2) is 42.5 Å². The van der Waals surface area contributed by atoms with Crippen molar-refractivity contribution in [2.75, 3.05) is 17.1 Å². The molecular formula is C22H24F2N4O3S. The van der Waals surface area contributed by atoms with Crippen LogP contribution in [0.2, 0.25) is 0 Å². The first kappa shape index (κ1) is 22.2. The molecule has 0 bridgehead atoms. The number of hydrogen-bond acceptors (Lipinski definition) is 4. The Bertz CT molecular complexity index is 1290. The average molecular weight is 463 g/mol. The van der Waals surface area contributed by atoms with Crippen LogP contribution in [0.4, 0.5) is 14.5 Å². The molecular weight excluding hydrogens is 438 g/mol. The van der Waals surface area contributed by atoms with E-state index in [0.717, 1.165) is 16.4 Å². The lowest BCUT2D eigenvalue weighted by molar-refractivity contribution is 0.0704. The van der Waals surface area contributed by atoms with E-state index in [0.29, 0.717) is 28.7 Å². The van der Waals surface area contributed by atoms with Crippen LogP contribution in [0.5, 0.6) is 0 Å². The summed E-state index contributed by atoms with van der Waals surface area (Å²) in [6, 6.07) is 11.4. The highest BCUT2D eigenvalue weighted by atomic mass is 32.2. The average Bonchev–Trinajstić information content (AvgIpc) is 3.27. The molecule has 0 saturated carbocycles. The summed E-state index contributed by atoms with van der Waals surface area (Å²) >= 11 is 0. The summed E-state index contributed by atoms with van der Waals surface area (Å²) in [6.45, 7) is 0.927. The Hall–Kier alpha value is -3.01. The Morgan fingerprint density at radius 2 is 1.97 bits per heavy atom. The molecule has 2 heterocycles. The molecule has 1 aromatic heterocycles. The number of aromatic nitrogens is 2. The number of benzene rings is 2. The van der Waals surface area contributed by atoms with Crippen molar-refractivity contribution in [2.45, 2.75) is 38.8 Å². The van der Waals surface area contributed by atoms with E-state index >= 15 is 0 Å². The van der Waals surface area contributed by atoms with Crippen molar-refractivity contribution in [2.24, 2.45) is 0 Å². The smallest absolute Gasteiger partial charge is 0.320 e. The molecule has 2 aromatic carbocycles. The first-order valence-electron chi connectivity index (χ1n) is 10.2. The van der Waals surface area contributed by atoms with E-state index in [1.165, 1.54) is 4.31 Å². The predicted octanol–water partition coefficient (Wildman–Crippen LogP) is 3.68. The Balaban J connectivity index is 1.51. The fourth-order valence-corrected chi connectivity index (χ4v) is 5.57. The van der Waals surface area contributed by atoms with Crippen molar-refractivity contribution in [3.63, 3.8) is 0 Å². The number of carbonyl (C=O) groups excluding carboxylic acids is 1. The van der Waals surface area contributed by atoms with Gasteiger partial charge in [0, 0.05) is 24.1 Å². The third-order valence-electron chi connectivity index (χ3n) is 5.68. The largest absolute Gasteiger partial charge is 0.351 e. The van der Waals surface area contributed by atoms with Crippen LogP contribution in [0.3, 0.4) is 0 Å². The summed E-state index contributed by atoms with van der Waals surface area (Å²) in [5, 5.41) is 2.78. The van der Waals surface area contributed by atoms with Crippen molar-refractivity contribution in [3.05, 3.63) is 59.4 Å². The number of halogens is 2. The maximum Gasteiger partial charge on any atom is 0.320 e. The lowest BCUT2D eigenvalue weighted by atomic mass is 10.1. The summed E-state index contributed by atoms with van der Waals surface area (Å²) in [7, 11) is -3.41. The number of alkyl halides is 2. The molecule has 1 aliphatic heterocycles. The van der Waals surface area contributed by atoms with Gasteiger partial charge in [-0.25, -0.2) is 13.4 Å². The molecule has 1 N–H and O–H groups in total. The number of rotatable bonds is 6. The minimum Gasteiger partial charge on any atom is -0.351 e. The minimum absolute atomic E-state index is 0.123. The van der Waals surface area contributed by atoms with Crippen molar-refractivity contribution in [1.82, 2.24) is 14.9 Å². The summed E-state index contributed by atoms with van der Waals surface area (Å²) in [6.07, 6.45) is 1.67. The number of nitrogens with one attached hydrogen (secondary N) is 1. The van der Waals surface area contributed by atoms with Gasteiger partial charge >= 0.3 is 6.55 Å². The number of hydrogen-bond donors (Lipinski definition) is 1. The molecule has 2 atom stereocenters. The van der Waals surface area contributed by atoms with Gasteiger partial charge < -0.3 is 5.32 Å². The molecule has 3 aromatic rings. The highest BCUT2D eigenvalue weighted by Crippen LogP contribution is 2.34. The molecule has 0 unspecified atom stereocenters. The number of nitrogens with zero attached hydrogens (tertiary/aromatic N) is 3. The van der Waals surface area contributed by atoms with Gasteiger partial charge in [0.15, 0.2) is 0 Å². The Morgan fingerprint density at radius 3 is 2.66 bits per heavy atom. The fourth-order valence-electron chi connectivity index (χ4n) is 4.30. The van der Waals surface area contributed by atoms with E-state index in [-0.39, 0.29) is 24.3 Å². The second kappa shape index (κ2) is 8.16. The number of carbonyl (C=O) groups is 1. The number of amides is 1. The van der Waals surface area contributed by atoms with Gasteiger partial charge in [-0.15, -0.1) is 0 Å². The molecule has 0 fully saturated rings. The van der Waals surface area contributed by atoms with Gasteiger partial charge in [0.1, 0.15) is 5.82 Å². The Labute approximate surface area is 185 Å². The van der Waals surface area contributed by atoms with Crippen LogP contribution < -0.4 is 9.62 Å². The zero-order valence-corrected chi connectivity index (χ0v) is 18.7. The van der Waals surface area contributed by atoms with Crippen molar-refractivity contribution < 1.29 is 22.0 Å². The van der Waals surface area contributed by atoms with Gasteiger partial charge in [0.2, 0.25) is 10.0 Å². The van der Waals surface area contributed by atoms with E-state index in [1.54, 1.807) is 49.4 Å². The van der Waals surface area contributed by atoms with Gasteiger partial charge in [-0.05, 0) is 49.2 Å². The quantitative estimate of drug-likeness (QED) is 0.606. The first-order valence-corrected chi connectivity index (χ1v) is 12.1. The third kappa shape index (κ3) is 3.94. The molecule has 10 heteroatoms. The topological polar surface area (TPSA) is 84.3 Å². The highest BCUT2D eigenvalue weighted by Gasteiger charge is 2.33. The Kier molecular flexibility index (Phi) is 5.66. The zero-order valence-electron chi connectivity index (χ0n) is 17.9. The summed E-state index contributed by atoms with van der Waals surface area (Å²) in [5.41, 5.74) is 2.57. The molecule has 0 saturated heterocycles. The van der Waals surface area contributed by atoms with Crippen LogP contribution >= 0.6 is 0 Å². The van der Waals surface area contributed by atoms with Crippen LogP contribution in [-0.4, -0.2) is 42.7 Å². The number of para-hydroxylation sites is 2. The van der Waals surface area contributed by atoms with Crippen LogP contribution in [-0.2, 0) is 16.4 Å². The molecule has 0 spiro atoms.